The van der Waals surface area contributed by atoms with Gasteiger partial charge in [-0.2, -0.15) is 0 Å². The Morgan fingerprint density at radius 2 is 1.94 bits per heavy atom. The van der Waals surface area contributed by atoms with Gasteiger partial charge in [-0.3, -0.25) is 4.79 Å². The number of amides is 1. The first kappa shape index (κ1) is 14.9. The van der Waals surface area contributed by atoms with Crippen molar-refractivity contribution in [2.24, 2.45) is 5.41 Å². The molecule has 1 aromatic carbocycles. The van der Waals surface area contributed by atoms with Gasteiger partial charge in [0.2, 0.25) is 0 Å². The van der Waals surface area contributed by atoms with Crippen molar-refractivity contribution in [2.45, 2.75) is 26.8 Å². The molecule has 1 rings (SSSR count). The number of hydrogen-bond acceptors (Lipinski definition) is 2. The molecule has 0 radical (unpaired) electrons. The Labute approximate surface area is 120 Å². The number of rotatable bonds is 3. The first-order valence-corrected chi connectivity index (χ1v) is 6.59. The summed E-state index contributed by atoms with van der Waals surface area (Å²) in [4.78, 5) is 23.1. The summed E-state index contributed by atoms with van der Waals surface area (Å²) in [6.45, 7) is 5.34. The molecular weight excluding hydrogens is 345 g/mol. The van der Waals surface area contributed by atoms with E-state index in [0.29, 0.717) is 5.56 Å². The summed E-state index contributed by atoms with van der Waals surface area (Å²) in [7, 11) is 0. The SMILES string of the molecule is CC(C)(C)[C@H](NC(=O)c1cccc(I)c1)C(=O)O. The summed E-state index contributed by atoms with van der Waals surface area (Å²) >= 11 is 2.11. The van der Waals surface area contributed by atoms with E-state index in [0.717, 1.165) is 3.57 Å². The summed E-state index contributed by atoms with van der Waals surface area (Å²) in [5.41, 5.74) is -0.0685. The topological polar surface area (TPSA) is 66.4 Å². The lowest BCUT2D eigenvalue weighted by atomic mass is 9.86. The molecule has 0 aliphatic rings. The number of aliphatic carboxylic acids is 1. The van der Waals surface area contributed by atoms with Crippen LogP contribution in [0.25, 0.3) is 0 Å². The molecule has 2 N–H and O–H groups in total. The quantitative estimate of drug-likeness (QED) is 0.814. The maximum absolute atomic E-state index is 12.0. The zero-order valence-corrected chi connectivity index (χ0v) is 12.7. The zero-order valence-electron chi connectivity index (χ0n) is 10.5. The molecule has 4 nitrogen and oxygen atoms in total. The van der Waals surface area contributed by atoms with Crippen LogP contribution >= 0.6 is 22.6 Å². The number of halogens is 1. The molecule has 0 fully saturated rings. The fraction of sp³-hybridized carbons (Fsp3) is 0.385. The fourth-order valence-corrected chi connectivity index (χ4v) is 2.04. The van der Waals surface area contributed by atoms with Crippen LogP contribution in [0, 0.1) is 8.99 Å². The molecule has 18 heavy (non-hydrogen) atoms. The third-order valence-corrected chi connectivity index (χ3v) is 3.15. The van der Waals surface area contributed by atoms with Crippen molar-refractivity contribution in [1.82, 2.24) is 5.32 Å². The number of carbonyl (C=O) groups excluding carboxylic acids is 1. The van der Waals surface area contributed by atoms with Gasteiger partial charge >= 0.3 is 5.97 Å². The average molecular weight is 361 g/mol. The van der Waals surface area contributed by atoms with Gasteiger partial charge in [0.25, 0.3) is 5.91 Å². The predicted octanol–water partition coefficient (Wildman–Crippen LogP) is 2.52. The van der Waals surface area contributed by atoms with E-state index in [4.69, 9.17) is 5.11 Å². The van der Waals surface area contributed by atoms with Gasteiger partial charge < -0.3 is 10.4 Å². The second-order valence-electron chi connectivity index (χ2n) is 5.12. The summed E-state index contributed by atoms with van der Waals surface area (Å²) in [6.07, 6.45) is 0. The fourth-order valence-electron chi connectivity index (χ4n) is 1.49. The van der Waals surface area contributed by atoms with Gasteiger partial charge in [-0.05, 0) is 46.2 Å². The number of carboxylic acid groups (broad SMARTS) is 1. The maximum atomic E-state index is 12.0. The van der Waals surface area contributed by atoms with Crippen LogP contribution in [-0.2, 0) is 4.79 Å². The van der Waals surface area contributed by atoms with E-state index in [1.165, 1.54) is 0 Å². The summed E-state index contributed by atoms with van der Waals surface area (Å²) in [5.74, 6) is -1.39. The number of benzene rings is 1. The van der Waals surface area contributed by atoms with Gasteiger partial charge in [0.1, 0.15) is 6.04 Å². The van der Waals surface area contributed by atoms with Gasteiger partial charge in [-0.25, -0.2) is 4.79 Å². The second-order valence-corrected chi connectivity index (χ2v) is 6.37. The Morgan fingerprint density at radius 1 is 1.33 bits per heavy atom. The lowest BCUT2D eigenvalue weighted by molar-refractivity contribution is -0.142. The van der Waals surface area contributed by atoms with Crippen molar-refractivity contribution in [3.8, 4) is 0 Å². The Balaban J connectivity index is 2.89. The molecule has 5 heteroatoms. The van der Waals surface area contributed by atoms with Gasteiger partial charge in [0.15, 0.2) is 0 Å². The standard InChI is InChI=1S/C13H16INO3/c1-13(2,3)10(12(17)18)15-11(16)8-5-4-6-9(14)7-8/h4-7,10H,1-3H3,(H,15,16)(H,17,18)/t10-/m1/s1. The molecule has 0 heterocycles. The third kappa shape index (κ3) is 3.97. The Kier molecular flexibility index (Phi) is 4.72. The third-order valence-electron chi connectivity index (χ3n) is 2.48. The molecule has 0 aromatic heterocycles. The summed E-state index contributed by atoms with van der Waals surface area (Å²) < 4.78 is 0.933. The molecular formula is C13H16INO3. The lowest BCUT2D eigenvalue weighted by Gasteiger charge is -2.27. The minimum Gasteiger partial charge on any atom is -0.480 e. The smallest absolute Gasteiger partial charge is 0.326 e. The van der Waals surface area contributed by atoms with Crippen molar-refractivity contribution in [3.63, 3.8) is 0 Å². The van der Waals surface area contributed by atoms with Crippen LogP contribution < -0.4 is 5.32 Å². The van der Waals surface area contributed by atoms with Crippen molar-refractivity contribution in [3.05, 3.63) is 33.4 Å². The van der Waals surface area contributed by atoms with E-state index in [2.05, 4.69) is 27.9 Å². The highest BCUT2D eigenvalue weighted by Gasteiger charge is 2.32. The molecule has 0 saturated carbocycles. The molecule has 0 unspecified atom stereocenters. The normalized spacial score (nSPS) is 12.9. The van der Waals surface area contributed by atoms with Gasteiger partial charge in [0, 0.05) is 9.13 Å². The molecule has 0 bridgehead atoms. The Bertz CT molecular complexity index is 466. The van der Waals surface area contributed by atoms with E-state index in [9.17, 15) is 9.59 Å². The number of nitrogens with one attached hydrogen (secondary N) is 1. The molecule has 0 saturated heterocycles. The second kappa shape index (κ2) is 5.69. The summed E-state index contributed by atoms with van der Waals surface area (Å²) in [6, 6.07) is 6.11. The molecule has 0 spiro atoms. The Hall–Kier alpha value is -1.11. The van der Waals surface area contributed by atoms with Crippen LogP contribution in [0.3, 0.4) is 0 Å². The first-order chi connectivity index (χ1) is 8.21. The lowest BCUT2D eigenvalue weighted by Crippen LogP contribution is -2.49. The summed E-state index contributed by atoms with van der Waals surface area (Å²) in [5, 5.41) is 11.7. The molecule has 0 aliphatic heterocycles. The Morgan fingerprint density at radius 3 is 2.39 bits per heavy atom. The van der Waals surface area contributed by atoms with E-state index in [-0.39, 0.29) is 5.91 Å². The van der Waals surface area contributed by atoms with Crippen LogP contribution in [-0.4, -0.2) is 23.0 Å². The van der Waals surface area contributed by atoms with E-state index < -0.39 is 17.4 Å². The van der Waals surface area contributed by atoms with E-state index >= 15 is 0 Å². The van der Waals surface area contributed by atoms with Crippen molar-refractivity contribution in [2.75, 3.05) is 0 Å². The highest BCUT2D eigenvalue weighted by atomic mass is 127. The maximum Gasteiger partial charge on any atom is 0.326 e. The largest absolute Gasteiger partial charge is 0.480 e. The van der Waals surface area contributed by atoms with Gasteiger partial charge in [-0.1, -0.05) is 26.8 Å². The first-order valence-electron chi connectivity index (χ1n) is 5.51. The number of hydrogen-bond donors (Lipinski definition) is 2. The van der Waals surface area contributed by atoms with Crippen molar-refractivity contribution < 1.29 is 14.7 Å². The minimum atomic E-state index is -1.03. The number of carbonyl (C=O) groups is 2. The highest BCUT2D eigenvalue weighted by Crippen LogP contribution is 2.20. The molecule has 1 atom stereocenters. The predicted molar refractivity (Wildman–Crippen MR) is 77.5 cm³/mol. The van der Waals surface area contributed by atoms with Gasteiger partial charge in [-0.15, -0.1) is 0 Å². The average Bonchev–Trinajstić information content (AvgIpc) is 2.23. The van der Waals surface area contributed by atoms with Crippen molar-refractivity contribution >= 4 is 34.5 Å². The minimum absolute atomic E-state index is 0.365. The van der Waals surface area contributed by atoms with Crippen molar-refractivity contribution in [1.29, 1.82) is 0 Å². The number of carboxylic acids is 1. The van der Waals surface area contributed by atoms with E-state index in [1.807, 2.05) is 6.07 Å². The van der Waals surface area contributed by atoms with Crippen LogP contribution in [0.15, 0.2) is 24.3 Å². The molecule has 1 amide bonds. The monoisotopic (exact) mass is 361 g/mol. The molecule has 0 aliphatic carbocycles. The van der Waals surface area contributed by atoms with E-state index in [1.54, 1.807) is 39.0 Å². The molecule has 98 valence electrons. The van der Waals surface area contributed by atoms with Gasteiger partial charge in [0.05, 0.1) is 0 Å². The molecule has 1 aromatic rings. The van der Waals surface area contributed by atoms with Crippen LogP contribution in [0.5, 0.6) is 0 Å². The highest BCUT2D eigenvalue weighted by molar-refractivity contribution is 14.1. The van der Waals surface area contributed by atoms with Crippen LogP contribution in [0.1, 0.15) is 31.1 Å². The van der Waals surface area contributed by atoms with Crippen LogP contribution in [0.4, 0.5) is 0 Å². The zero-order chi connectivity index (χ0) is 13.9. The van der Waals surface area contributed by atoms with Crippen LogP contribution in [0.2, 0.25) is 0 Å².